The molecule has 0 radical (unpaired) electrons. The Morgan fingerprint density at radius 2 is 2.07 bits per heavy atom. The van der Waals surface area contributed by atoms with E-state index in [9.17, 15) is 9.18 Å². The first-order valence-electron chi connectivity index (χ1n) is 4.21. The number of hydrogen-bond acceptors (Lipinski definition) is 2. The van der Waals surface area contributed by atoms with Crippen LogP contribution in [0.4, 0.5) is 4.39 Å². The Morgan fingerprint density at radius 1 is 1.27 bits per heavy atom. The minimum atomic E-state index is -0.449. The molecule has 1 aromatic heterocycles. The van der Waals surface area contributed by atoms with Gasteiger partial charge in [-0.2, -0.15) is 0 Å². The Hall–Kier alpha value is -1.19. The van der Waals surface area contributed by atoms with E-state index >= 15 is 0 Å². The molecule has 1 heterocycles. The Balaban J connectivity index is 2.44. The van der Waals surface area contributed by atoms with Crippen LogP contribution < -0.4 is 0 Å². The molecular weight excluding hydrogens is 235 g/mol. The van der Waals surface area contributed by atoms with Crippen LogP contribution in [-0.4, -0.2) is 6.29 Å². The van der Waals surface area contributed by atoms with Gasteiger partial charge in [0.05, 0.1) is 9.90 Å². The standard InChI is InChI=1S/C11H6ClFOS/c12-9-3-1-7(5-10(9)13)11-4-2-8(6-14)15-11/h1-6H. The molecule has 0 spiro atoms. The van der Waals surface area contributed by atoms with Gasteiger partial charge in [-0.15, -0.1) is 11.3 Å². The van der Waals surface area contributed by atoms with Crippen LogP contribution in [0.25, 0.3) is 10.4 Å². The molecule has 0 fully saturated rings. The predicted molar refractivity (Wildman–Crippen MR) is 60.1 cm³/mol. The molecule has 1 aromatic carbocycles. The van der Waals surface area contributed by atoms with Crippen LogP contribution in [0.5, 0.6) is 0 Å². The fourth-order valence-electron chi connectivity index (χ4n) is 1.22. The summed E-state index contributed by atoms with van der Waals surface area (Å²) in [6.45, 7) is 0. The molecule has 2 aromatic rings. The lowest BCUT2D eigenvalue weighted by Crippen LogP contribution is -1.78. The largest absolute Gasteiger partial charge is 0.297 e. The quantitative estimate of drug-likeness (QED) is 0.725. The van der Waals surface area contributed by atoms with E-state index in [1.807, 2.05) is 0 Å². The highest BCUT2D eigenvalue weighted by atomic mass is 35.5. The second kappa shape index (κ2) is 4.13. The second-order valence-corrected chi connectivity index (χ2v) is 4.47. The number of carbonyl (C=O) groups is 1. The lowest BCUT2D eigenvalue weighted by atomic mass is 10.2. The van der Waals surface area contributed by atoms with Crippen LogP contribution in [0.2, 0.25) is 5.02 Å². The Kier molecular flexibility index (Phi) is 2.84. The zero-order chi connectivity index (χ0) is 10.8. The third-order valence-electron chi connectivity index (χ3n) is 1.95. The van der Waals surface area contributed by atoms with E-state index in [0.29, 0.717) is 4.88 Å². The molecule has 0 N–H and O–H groups in total. The van der Waals surface area contributed by atoms with Crippen LogP contribution in [0.15, 0.2) is 30.3 Å². The molecule has 76 valence electrons. The number of hydrogen-bond donors (Lipinski definition) is 0. The molecule has 1 nitrogen and oxygen atoms in total. The Labute approximate surface area is 95.1 Å². The first-order chi connectivity index (χ1) is 7.20. The van der Waals surface area contributed by atoms with Crippen molar-refractivity contribution in [3.05, 3.63) is 46.0 Å². The summed E-state index contributed by atoms with van der Waals surface area (Å²) < 4.78 is 13.2. The first-order valence-corrected chi connectivity index (χ1v) is 5.40. The summed E-state index contributed by atoms with van der Waals surface area (Å²) in [4.78, 5) is 12.0. The second-order valence-electron chi connectivity index (χ2n) is 2.95. The summed E-state index contributed by atoms with van der Waals surface area (Å²) >= 11 is 6.90. The third-order valence-corrected chi connectivity index (χ3v) is 3.31. The van der Waals surface area contributed by atoms with Crippen molar-refractivity contribution in [2.45, 2.75) is 0 Å². The van der Waals surface area contributed by atoms with Crippen molar-refractivity contribution in [3.63, 3.8) is 0 Å². The summed E-state index contributed by atoms with van der Waals surface area (Å²) in [6.07, 6.45) is 0.778. The maximum atomic E-state index is 13.2. The molecular formula is C11H6ClFOS. The first kappa shape index (κ1) is 10.3. The zero-order valence-electron chi connectivity index (χ0n) is 7.54. The van der Waals surface area contributed by atoms with Gasteiger partial charge in [-0.3, -0.25) is 4.79 Å². The summed E-state index contributed by atoms with van der Waals surface area (Å²) in [5.41, 5.74) is 0.731. The minimum Gasteiger partial charge on any atom is -0.297 e. The predicted octanol–water partition coefficient (Wildman–Crippen LogP) is 4.02. The average Bonchev–Trinajstić information content (AvgIpc) is 2.70. The van der Waals surface area contributed by atoms with E-state index in [1.54, 1.807) is 18.2 Å². The number of halogens is 2. The molecule has 0 aliphatic carbocycles. The van der Waals surface area contributed by atoms with Gasteiger partial charge in [-0.25, -0.2) is 4.39 Å². The fraction of sp³-hybridized carbons (Fsp3) is 0. The lowest BCUT2D eigenvalue weighted by molar-refractivity contribution is 0.112. The molecule has 0 saturated heterocycles. The average molecular weight is 241 g/mol. The van der Waals surface area contributed by atoms with E-state index in [-0.39, 0.29) is 5.02 Å². The highest BCUT2D eigenvalue weighted by Gasteiger charge is 2.05. The molecule has 15 heavy (non-hydrogen) atoms. The van der Waals surface area contributed by atoms with Gasteiger partial charge < -0.3 is 0 Å². The molecule has 0 atom stereocenters. The van der Waals surface area contributed by atoms with Gasteiger partial charge in [-0.1, -0.05) is 17.7 Å². The SMILES string of the molecule is O=Cc1ccc(-c2ccc(Cl)c(F)c2)s1. The number of thiophene rings is 1. The lowest BCUT2D eigenvalue weighted by Gasteiger charge is -1.98. The summed E-state index contributed by atoms with van der Waals surface area (Å²) in [5, 5.41) is 0.103. The number of benzene rings is 1. The van der Waals surface area contributed by atoms with Gasteiger partial charge in [0.15, 0.2) is 6.29 Å². The van der Waals surface area contributed by atoms with Crippen molar-refractivity contribution in [3.8, 4) is 10.4 Å². The van der Waals surface area contributed by atoms with Crippen molar-refractivity contribution in [2.75, 3.05) is 0 Å². The van der Waals surface area contributed by atoms with Crippen LogP contribution in [0, 0.1) is 5.82 Å². The number of aldehydes is 1. The van der Waals surface area contributed by atoms with Crippen LogP contribution in [-0.2, 0) is 0 Å². The molecule has 0 amide bonds. The van der Waals surface area contributed by atoms with Gasteiger partial charge in [0.1, 0.15) is 5.82 Å². The van der Waals surface area contributed by atoms with Crippen molar-refractivity contribution >= 4 is 29.2 Å². The van der Waals surface area contributed by atoms with Crippen molar-refractivity contribution in [1.29, 1.82) is 0 Å². The van der Waals surface area contributed by atoms with E-state index in [0.717, 1.165) is 16.7 Å². The maximum Gasteiger partial charge on any atom is 0.160 e. The van der Waals surface area contributed by atoms with Gasteiger partial charge in [0.2, 0.25) is 0 Å². The highest BCUT2D eigenvalue weighted by molar-refractivity contribution is 7.17. The molecule has 4 heteroatoms. The monoisotopic (exact) mass is 240 g/mol. The van der Waals surface area contributed by atoms with Crippen molar-refractivity contribution in [2.24, 2.45) is 0 Å². The molecule has 0 saturated carbocycles. The van der Waals surface area contributed by atoms with Gasteiger partial charge in [-0.05, 0) is 29.8 Å². The van der Waals surface area contributed by atoms with Crippen LogP contribution >= 0.6 is 22.9 Å². The molecule has 0 aliphatic heterocycles. The van der Waals surface area contributed by atoms with Gasteiger partial charge in [0.25, 0.3) is 0 Å². The van der Waals surface area contributed by atoms with E-state index in [2.05, 4.69) is 0 Å². The van der Waals surface area contributed by atoms with E-state index in [1.165, 1.54) is 23.5 Å². The smallest absolute Gasteiger partial charge is 0.160 e. The van der Waals surface area contributed by atoms with Crippen LogP contribution in [0.3, 0.4) is 0 Å². The molecule has 0 aliphatic rings. The maximum absolute atomic E-state index is 13.2. The Bertz CT molecular complexity index is 507. The summed E-state index contributed by atoms with van der Waals surface area (Å²) in [6, 6.07) is 8.09. The van der Waals surface area contributed by atoms with Gasteiger partial charge in [0, 0.05) is 4.88 Å². The van der Waals surface area contributed by atoms with E-state index < -0.39 is 5.82 Å². The Morgan fingerprint density at radius 3 is 2.67 bits per heavy atom. The minimum absolute atomic E-state index is 0.103. The topological polar surface area (TPSA) is 17.1 Å². The van der Waals surface area contributed by atoms with E-state index in [4.69, 9.17) is 11.6 Å². The molecule has 0 bridgehead atoms. The number of carbonyl (C=O) groups excluding carboxylic acids is 1. The summed E-state index contributed by atoms with van der Waals surface area (Å²) in [5.74, 6) is -0.449. The number of rotatable bonds is 2. The molecule has 0 unspecified atom stereocenters. The van der Waals surface area contributed by atoms with Crippen LogP contribution in [0.1, 0.15) is 9.67 Å². The van der Waals surface area contributed by atoms with Crippen molar-refractivity contribution < 1.29 is 9.18 Å². The third kappa shape index (κ3) is 2.08. The van der Waals surface area contributed by atoms with Crippen molar-refractivity contribution in [1.82, 2.24) is 0 Å². The summed E-state index contributed by atoms with van der Waals surface area (Å²) in [7, 11) is 0. The molecule has 2 rings (SSSR count). The fourth-order valence-corrected chi connectivity index (χ4v) is 2.16. The zero-order valence-corrected chi connectivity index (χ0v) is 9.11. The normalized spacial score (nSPS) is 10.3. The van der Waals surface area contributed by atoms with Gasteiger partial charge >= 0.3 is 0 Å². The highest BCUT2D eigenvalue weighted by Crippen LogP contribution is 2.29.